The number of hydrogen-bond acceptors (Lipinski definition) is 7. The maximum absolute atomic E-state index is 13.2. The first-order chi connectivity index (χ1) is 16.2. The fraction of sp³-hybridized carbons (Fsp3) is 0.409. The number of amides is 1. The van der Waals surface area contributed by atoms with Crippen molar-refractivity contribution in [1.82, 2.24) is 4.31 Å². The first-order valence-electron chi connectivity index (χ1n) is 10.9. The number of morpholine rings is 1. The van der Waals surface area contributed by atoms with E-state index in [9.17, 15) is 21.6 Å². The summed E-state index contributed by atoms with van der Waals surface area (Å²) in [6.07, 6.45) is 0.922. The van der Waals surface area contributed by atoms with E-state index in [1.807, 2.05) is 0 Å². The van der Waals surface area contributed by atoms with E-state index in [1.165, 1.54) is 35.7 Å². The Labute approximate surface area is 199 Å². The largest absolute Gasteiger partial charge is 0.495 e. The lowest BCUT2D eigenvalue weighted by atomic mass is 10.2. The highest BCUT2D eigenvalue weighted by atomic mass is 32.2. The molecule has 0 bridgehead atoms. The number of ether oxygens (including phenoxy) is 2. The fourth-order valence-corrected chi connectivity index (χ4v) is 6.61. The normalized spacial score (nSPS) is 16.8. The van der Waals surface area contributed by atoms with E-state index in [1.54, 1.807) is 24.0 Å². The number of benzene rings is 2. The van der Waals surface area contributed by atoms with Crippen LogP contribution in [0.15, 0.2) is 46.2 Å². The van der Waals surface area contributed by atoms with Crippen molar-refractivity contribution in [1.29, 1.82) is 0 Å². The van der Waals surface area contributed by atoms with Crippen LogP contribution in [0.2, 0.25) is 0 Å². The Bertz CT molecular complexity index is 1300. The smallest absolute Gasteiger partial charge is 0.262 e. The summed E-state index contributed by atoms with van der Waals surface area (Å²) in [6, 6.07) is 8.67. The summed E-state index contributed by atoms with van der Waals surface area (Å²) in [7, 11) is -6.52. The second-order valence-electron chi connectivity index (χ2n) is 7.92. The molecule has 2 heterocycles. The number of anilines is 2. The third kappa shape index (κ3) is 4.63. The van der Waals surface area contributed by atoms with Gasteiger partial charge in [0.25, 0.3) is 10.0 Å². The first-order valence-corrected chi connectivity index (χ1v) is 13.8. The van der Waals surface area contributed by atoms with Gasteiger partial charge in [0.1, 0.15) is 5.75 Å². The van der Waals surface area contributed by atoms with Gasteiger partial charge < -0.3 is 14.4 Å². The molecule has 1 fully saturated rings. The van der Waals surface area contributed by atoms with Crippen LogP contribution in [0, 0.1) is 0 Å². The van der Waals surface area contributed by atoms with Crippen molar-refractivity contribution >= 4 is 37.3 Å². The average molecular weight is 510 g/mol. The van der Waals surface area contributed by atoms with E-state index in [4.69, 9.17) is 9.47 Å². The van der Waals surface area contributed by atoms with Crippen molar-refractivity contribution in [3.63, 3.8) is 0 Å². The molecule has 1 N–H and O–H groups in total. The molecule has 10 nitrogen and oxygen atoms in total. The van der Waals surface area contributed by atoms with Crippen LogP contribution in [0.3, 0.4) is 0 Å². The summed E-state index contributed by atoms with van der Waals surface area (Å²) in [5.74, 6) is 0.167. The van der Waals surface area contributed by atoms with E-state index in [2.05, 4.69) is 4.72 Å². The fourth-order valence-electron chi connectivity index (χ4n) is 4.06. The molecule has 2 aromatic carbocycles. The van der Waals surface area contributed by atoms with Crippen LogP contribution >= 0.6 is 0 Å². The van der Waals surface area contributed by atoms with Crippen molar-refractivity contribution in [3.8, 4) is 5.75 Å². The van der Waals surface area contributed by atoms with Crippen molar-refractivity contribution < 1.29 is 31.1 Å². The molecule has 184 valence electrons. The van der Waals surface area contributed by atoms with Gasteiger partial charge in [-0.05, 0) is 48.4 Å². The Morgan fingerprint density at radius 2 is 1.74 bits per heavy atom. The van der Waals surface area contributed by atoms with E-state index in [0.29, 0.717) is 38.3 Å². The average Bonchev–Trinajstić information content (AvgIpc) is 3.27. The molecule has 0 atom stereocenters. The number of sulfonamides is 2. The highest BCUT2D eigenvalue weighted by molar-refractivity contribution is 7.92. The Hall–Kier alpha value is -2.67. The van der Waals surface area contributed by atoms with Gasteiger partial charge in [-0.25, -0.2) is 16.8 Å². The molecule has 1 amide bonds. The lowest BCUT2D eigenvalue weighted by Gasteiger charge is -2.26. The molecule has 0 aliphatic carbocycles. The minimum Gasteiger partial charge on any atom is -0.495 e. The first kappa shape index (κ1) is 24.5. The molecule has 0 spiro atoms. The van der Waals surface area contributed by atoms with Crippen LogP contribution in [-0.2, 0) is 36.0 Å². The minimum absolute atomic E-state index is 0.0140. The van der Waals surface area contributed by atoms with E-state index < -0.39 is 20.0 Å². The van der Waals surface area contributed by atoms with Crippen LogP contribution < -0.4 is 14.4 Å². The number of fused-ring (bicyclic) bond motifs is 1. The third-order valence-electron chi connectivity index (χ3n) is 5.88. The van der Waals surface area contributed by atoms with E-state index in [-0.39, 0.29) is 40.2 Å². The lowest BCUT2D eigenvalue weighted by Crippen LogP contribution is -2.40. The molecule has 0 saturated carbocycles. The molecule has 12 heteroatoms. The molecular formula is C22H27N3O7S2. The van der Waals surface area contributed by atoms with Gasteiger partial charge in [0.15, 0.2) is 0 Å². The molecule has 1 saturated heterocycles. The molecule has 2 aliphatic rings. The predicted octanol–water partition coefficient (Wildman–Crippen LogP) is 1.82. The highest BCUT2D eigenvalue weighted by Gasteiger charge is 2.29. The highest BCUT2D eigenvalue weighted by Crippen LogP contribution is 2.34. The van der Waals surface area contributed by atoms with Crippen LogP contribution in [0.25, 0.3) is 0 Å². The quantitative estimate of drug-likeness (QED) is 0.604. The third-order valence-corrected chi connectivity index (χ3v) is 9.14. The Morgan fingerprint density at radius 3 is 2.41 bits per heavy atom. The maximum Gasteiger partial charge on any atom is 0.262 e. The summed E-state index contributed by atoms with van der Waals surface area (Å²) in [6.45, 7) is 3.34. The number of nitrogens with one attached hydrogen (secondary N) is 1. The predicted molar refractivity (Wildman–Crippen MR) is 126 cm³/mol. The monoisotopic (exact) mass is 509 g/mol. The van der Waals surface area contributed by atoms with Crippen molar-refractivity contribution in [2.75, 3.05) is 49.6 Å². The summed E-state index contributed by atoms with van der Waals surface area (Å²) in [4.78, 5) is 13.7. The molecule has 2 aliphatic heterocycles. The number of nitrogens with zero attached hydrogens (tertiary/aromatic N) is 2. The van der Waals surface area contributed by atoms with E-state index in [0.717, 1.165) is 5.56 Å². The number of rotatable bonds is 7. The van der Waals surface area contributed by atoms with Crippen molar-refractivity contribution in [3.05, 3.63) is 42.0 Å². The zero-order valence-electron chi connectivity index (χ0n) is 19.0. The van der Waals surface area contributed by atoms with Crippen LogP contribution in [-0.4, -0.2) is 67.0 Å². The van der Waals surface area contributed by atoms with E-state index >= 15 is 0 Å². The number of carbonyl (C=O) groups excluding carboxylic acids is 1. The zero-order chi connectivity index (χ0) is 24.5. The molecule has 4 rings (SSSR count). The van der Waals surface area contributed by atoms with Crippen molar-refractivity contribution in [2.24, 2.45) is 0 Å². The minimum atomic E-state index is -4.06. The summed E-state index contributed by atoms with van der Waals surface area (Å²) in [5, 5.41) is 0. The molecule has 2 aromatic rings. The van der Waals surface area contributed by atoms with Gasteiger partial charge in [0.05, 0.1) is 35.8 Å². The molecule has 0 radical (unpaired) electrons. The molecule has 34 heavy (non-hydrogen) atoms. The van der Waals surface area contributed by atoms with Gasteiger partial charge in [-0.3, -0.25) is 9.52 Å². The van der Waals surface area contributed by atoms with Crippen LogP contribution in [0.5, 0.6) is 5.75 Å². The van der Waals surface area contributed by atoms with Gasteiger partial charge in [-0.2, -0.15) is 4.31 Å². The summed E-state index contributed by atoms with van der Waals surface area (Å²) >= 11 is 0. The number of methoxy groups -OCH3 is 1. The summed E-state index contributed by atoms with van der Waals surface area (Å²) < 4.78 is 66.7. The lowest BCUT2D eigenvalue weighted by molar-refractivity contribution is -0.118. The SMILES string of the molecule is CCC(=O)N1CCc2cc(S(=O)(=O)Nc3cc(S(=O)(=O)N4CCOCC4)ccc3OC)ccc21. The molecular weight excluding hydrogens is 482 g/mol. The molecule has 0 unspecified atom stereocenters. The van der Waals surface area contributed by atoms with Gasteiger partial charge in [-0.15, -0.1) is 0 Å². The van der Waals surface area contributed by atoms with Crippen LogP contribution in [0.1, 0.15) is 18.9 Å². The number of hydrogen-bond donors (Lipinski definition) is 1. The van der Waals surface area contributed by atoms with Gasteiger partial charge in [-0.1, -0.05) is 6.92 Å². The second kappa shape index (κ2) is 9.53. The van der Waals surface area contributed by atoms with Crippen molar-refractivity contribution in [2.45, 2.75) is 29.6 Å². The molecule has 0 aromatic heterocycles. The summed E-state index contributed by atoms with van der Waals surface area (Å²) in [5.41, 5.74) is 1.49. The maximum atomic E-state index is 13.2. The van der Waals surface area contributed by atoms with Crippen LogP contribution in [0.4, 0.5) is 11.4 Å². The Morgan fingerprint density at radius 1 is 1.03 bits per heavy atom. The van der Waals surface area contributed by atoms with Gasteiger partial charge >= 0.3 is 0 Å². The van der Waals surface area contributed by atoms with Gasteiger partial charge in [0, 0.05) is 31.7 Å². The Balaban J connectivity index is 1.64. The topological polar surface area (TPSA) is 122 Å². The standard InChI is InChI=1S/C22H27N3O7S2/c1-3-22(26)25-9-8-16-14-17(4-6-20(16)25)33(27,28)23-19-15-18(5-7-21(19)31-2)34(29,30)24-10-12-32-13-11-24/h4-7,14-15,23H,3,8-13H2,1-2H3. The zero-order valence-corrected chi connectivity index (χ0v) is 20.6. The second-order valence-corrected chi connectivity index (χ2v) is 11.5. The Kier molecular flexibility index (Phi) is 6.85. The van der Waals surface area contributed by atoms with Gasteiger partial charge in [0.2, 0.25) is 15.9 Å². The number of carbonyl (C=O) groups is 1.